The summed E-state index contributed by atoms with van der Waals surface area (Å²) in [6, 6.07) is 13.7. The predicted molar refractivity (Wildman–Crippen MR) is 96.9 cm³/mol. The first-order chi connectivity index (χ1) is 11.8. The summed E-state index contributed by atoms with van der Waals surface area (Å²) < 4.78 is 52.4. The van der Waals surface area contributed by atoms with E-state index >= 15 is 0 Å². The van der Waals surface area contributed by atoms with E-state index in [9.17, 15) is 16.8 Å². The molecule has 1 aliphatic heterocycles. The van der Waals surface area contributed by atoms with E-state index in [1.54, 1.807) is 30.3 Å². The van der Waals surface area contributed by atoms with Gasteiger partial charge in [0.05, 0.1) is 15.7 Å². The zero-order valence-electron chi connectivity index (χ0n) is 13.4. The van der Waals surface area contributed by atoms with E-state index in [0.717, 1.165) is 0 Å². The van der Waals surface area contributed by atoms with Gasteiger partial charge in [-0.25, -0.2) is 16.8 Å². The van der Waals surface area contributed by atoms with E-state index < -0.39 is 25.9 Å². The number of hydrogen-bond acceptors (Lipinski definition) is 4. The Kier molecular flexibility index (Phi) is 5.20. The number of halogens is 1. The van der Waals surface area contributed by atoms with Crippen molar-refractivity contribution in [2.45, 2.75) is 28.7 Å². The van der Waals surface area contributed by atoms with Crippen molar-refractivity contribution < 1.29 is 16.8 Å². The van der Waals surface area contributed by atoms with Gasteiger partial charge in [-0.1, -0.05) is 41.9 Å². The lowest BCUT2D eigenvalue weighted by molar-refractivity contribution is 0.408. The zero-order valence-corrected chi connectivity index (χ0v) is 15.8. The molecular formula is C17H18ClNO4S2. The first kappa shape index (κ1) is 18.4. The molecule has 2 aromatic carbocycles. The van der Waals surface area contributed by atoms with Crippen LogP contribution in [0.3, 0.4) is 0 Å². The Hall–Kier alpha value is -1.41. The molecule has 2 aromatic rings. The van der Waals surface area contributed by atoms with Crippen LogP contribution >= 0.6 is 11.6 Å². The lowest BCUT2D eigenvalue weighted by atomic mass is 10.3. The molecule has 134 valence electrons. The van der Waals surface area contributed by atoms with Crippen LogP contribution in [0.25, 0.3) is 0 Å². The maximum absolute atomic E-state index is 12.9. The van der Waals surface area contributed by atoms with Crippen LogP contribution in [0.15, 0.2) is 64.4 Å². The number of hydrogen-bond donors (Lipinski definition) is 0. The van der Waals surface area contributed by atoms with Crippen molar-refractivity contribution in [3.05, 3.63) is 59.6 Å². The van der Waals surface area contributed by atoms with Crippen LogP contribution in [0.1, 0.15) is 12.8 Å². The lowest BCUT2D eigenvalue weighted by Crippen LogP contribution is -2.39. The van der Waals surface area contributed by atoms with Crippen molar-refractivity contribution in [2.75, 3.05) is 12.3 Å². The highest BCUT2D eigenvalue weighted by Crippen LogP contribution is 2.31. The van der Waals surface area contributed by atoms with Crippen molar-refractivity contribution in [1.29, 1.82) is 0 Å². The molecular weight excluding hydrogens is 382 g/mol. The Morgan fingerprint density at radius 3 is 2.28 bits per heavy atom. The summed E-state index contributed by atoms with van der Waals surface area (Å²) in [6.45, 7) is 0.294. The second kappa shape index (κ2) is 7.07. The molecule has 0 saturated carbocycles. The summed E-state index contributed by atoms with van der Waals surface area (Å²) in [7, 11) is -7.40. The highest BCUT2D eigenvalue weighted by molar-refractivity contribution is 7.91. The standard InChI is InChI=1S/C17H18ClNO4S2/c18-16-10-4-5-11-17(16)25(22,23)19-12-6-7-14(19)13-24(20,21)15-8-2-1-3-9-15/h1-5,8-11,14H,6-7,12-13H2/t14-/m1/s1. The molecule has 1 heterocycles. The number of nitrogens with zero attached hydrogens (tertiary/aromatic N) is 1. The van der Waals surface area contributed by atoms with Gasteiger partial charge in [-0.3, -0.25) is 0 Å². The third kappa shape index (κ3) is 3.74. The molecule has 1 fully saturated rings. The Labute approximate surface area is 153 Å². The third-order valence-electron chi connectivity index (χ3n) is 4.26. The molecule has 1 atom stereocenters. The minimum atomic E-state index is -3.84. The molecule has 5 nitrogen and oxygen atoms in total. The van der Waals surface area contributed by atoms with Crippen LogP contribution in [0, 0.1) is 0 Å². The van der Waals surface area contributed by atoms with Gasteiger partial charge in [0.1, 0.15) is 4.90 Å². The first-order valence-electron chi connectivity index (χ1n) is 7.86. The maximum Gasteiger partial charge on any atom is 0.244 e. The average molecular weight is 400 g/mol. The van der Waals surface area contributed by atoms with Gasteiger partial charge < -0.3 is 0 Å². The minimum Gasteiger partial charge on any atom is -0.224 e. The van der Waals surface area contributed by atoms with Crippen molar-refractivity contribution in [2.24, 2.45) is 0 Å². The number of benzene rings is 2. The molecule has 25 heavy (non-hydrogen) atoms. The largest absolute Gasteiger partial charge is 0.244 e. The Morgan fingerprint density at radius 1 is 0.960 bits per heavy atom. The van der Waals surface area contributed by atoms with Crippen LogP contribution in [0.2, 0.25) is 5.02 Å². The monoisotopic (exact) mass is 399 g/mol. The van der Waals surface area contributed by atoms with Crippen molar-refractivity contribution in [1.82, 2.24) is 4.31 Å². The topological polar surface area (TPSA) is 71.5 Å². The van der Waals surface area contributed by atoms with E-state index in [4.69, 9.17) is 11.6 Å². The smallest absolute Gasteiger partial charge is 0.224 e. The second-order valence-corrected chi connectivity index (χ2v) is 10.2. The average Bonchev–Trinajstić information content (AvgIpc) is 3.04. The van der Waals surface area contributed by atoms with Gasteiger partial charge in [-0.15, -0.1) is 0 Å². The fourth-order valence-electron chi connectivity index (χ4n) is 3.05. The van der Waals surface area contributed by atoms with Gasteiger partial charge in [0.15, 0.2) is 9.84 Å². The van der Waals surface area contributed by atoms with Crippen LogP contribution in [0.4, 0.5) is 0 Å². The van der Waals surface area contributed by atoms with Crippen molar-refractivity contribution >= 4 is 31.5 Å². The molecule has 8 heteroatoms. The van der Waals surface area contributed by atoms with Crippen molar-refractivity contribution in [3.8, 4) is 0 Å². The highest BCUT2D eigenvalue weighted by atomic mass is 35.5. The Bertz CT molecular complexity index is 959. The minimum absolute atomic E-state index is 0.0145. The Balaban J connectivity index is 1.90. The van der Waals surface area contributed by atoms with Gasteiger partial charge in [0.25, 0.3) is 0 Å². The summed E-state index contributed by atoms with van der Waals surface area (Å²) >= 11 is 6.04. The first-order valence-corrected chi connectivity index (χ1v) is 11.3. The normalized spacial score (nSPS) is 19.2. The van der Waals surface area contributed by atoms with Crippen LogP contribution in [0.5, 0.6) is 0 Å². The molecule has 0 radical (unpaired) electrons. The quantitative estimate of drug-likeness (QED) is 0.774. The van der Waals surface area contributed by atoms with Gasteiger partial charge in [0.2, 0.25) is 10.0 Å². The SMILES string of the molecule is O=S(=O)(C[C@H]1CCCN1S(=O)(=O)c1ccccc1Cl)c1ccccc1. The van der Waals surface area contributed by atoms with E-state index in [1.165, 1.54) is 28.6 Å². The third-order valence-corrected chi connectivity index (χ3v) is 8.53. The molecule has 1 aliphatic rings. The highest BCUT2D eigenvalue weighted by Gasteiger charge is 2.38. The molecule has 0 unspecified atom stereocenters. The van der Waals surface area contributed by atoms with Gasteiger partial charge >= 0.3 is 0 Å². The fraction of sp³-hybridized carbons (Fsp3) is 0.294. The molecule has 0 aromatic heterocycles. The van der Waals surface area contributed by atoms with E-state index in [1.807, 2.05) is 0 Å². The van der Waals surface area contributed by atoms with Crippen LogP contribution in [-0.2, 0) is 19.9 Å². The molecule has 1 saturated heterocycles. The van der Waals surface area contributed by atoms with Crippen LogP contribution < -0.4 is 0 Å². The zero-order chi connectivity index (χ0) is 18.1. The van der Waals surface area contributed by atoms with E-state index in [-0.39, 0.29) is 20.6 Å². The number of sulfone groups is 1. The fourth-order valence-corrected chi connectivity index (χ4v) is 6.95. The molecule has 0 bridgehead atoms. The lowest BCUT2D eigenvalue weighted by Gasteiger charge is -2.24. The van der Waals surface area contributed by atoms with Crippen molar-refractivity contribution in [3.63, 3.8) is 0 Å². The molecule has 0 spiro atoms. The maximum atomic E-state index is 12.9. The van der Waals surface area contributed by atoms with Gasteiger partial charge in [-0.05, 0) is 37.1 Å². The molecule has 3 rings (SSSR count). The molecule has 0 amide bonds. The van der Waals surface area contributed by atoms with Gasteiger partial charge in [-0.2, -0.15) is 4.31 Å². The number of rotatable bonds is 5. The summed E-state index contributed by atoms with van der Waals surface area (Å²) in [4.78, 5) is 0.220. The second-order valence-electron chi connectivity index (χ2n) is 5.94. The summed E-state index contributed by atoms with van der Waals surface area (Å²) in [5.74, 6) is -0.235. The van der Waals surface area contributed by atoms with Gasteiger partial charge in [0, 0.05) is 12.6 Å². The predicted octanol–water partition coefficient (Wildman–Crippen LogP) is 2.97. The molecule has 0 N–H and O–H groups in total. The summed E-state index contributed by atoms with van der Waals surface area (Å²) in [6.07, 6.45) is 1.13. The Morgan fingerprint density at radius 2 is 1.60 bits per heavy atom. The summed E-state index contributed by atoms with van der Waals surface area (Å²) in [5, 5.41) is 0.138. The summed E-state index contributed by atoms with van der Waals surface area (Å²) in [5.41, 5.74) is 0. The number of sulfonamides is 1. The van der Waals surface area contributed by atoms with E-state index in [0.29, 0.717) is 19.4 Å². The van der Waals surface area contributed by atoms with Crippen LogP contribution in [-0.4, -0.2) is 39.5 Å². The molecule has 0 aliphatic carbocycles. The van der Waals surface area contributed by atoms with E-state index in [2.05, 4.69) is 0 Å².